The standard InChI is InChI=1S/C15H17N3/c1-2-5-14-15(17-9-8-16-14)18-10-12-6-3-4-7-13(12)11-18/h3-4,6-9H,2,5,10-11H2,1H3. The molecule has 3 nitrogen and oxygen atoms in total. The zero-order valence-corrected chi connectivity index (χ0v) is 10.6. The summed E-state index contributed by atoms with van der Waals surface area (Å²) in [4.78, 5) is 11.3. The molecule has 1 aromatic heterocycles. The minimum atomic E-state index is 0.950. The highest BCUT2D eigenvalue weighted by Crippen LogP contribution is 2.28. The predicted molar refractivity (Wildman–Crippen MR) is 72.4 cm³/mol. The largest absolute Gasteiger partial charge is 0.346 e. The topological polar surface area (TPSA) is 29.0 Å². The lowest BCUT2D eigenvalue weighted by atomic mass is 10.1. The van der Waals surface area contributed by atoms with Gasteiger partial charge in [0.1, 0.15) is 0 Å². The predicted octanol–water partition coefficient (Wildman–Crippen LogP) is 2.95. The SMILES string of the molecule is CCCc1nccnc1N1Cc2ccccc2C1. The summed E-state index contributed by atoms with van der Waals surface area (Å²) in [5.74, 6) is 1.05. The maximum absolute atomic E-state index is 4.53. The number of hydrogen-bond donors (Lipinski definition) is 0. The first-order chi connectivity index (χ1) is 8.88. The van der Waals surface area contributed by atoms with Gasteiger partial charge in [0.05, 0.1) is 5.69 Å². The van der Waals surface area contributed by atoms with Gasteiger partial charge in [-0.25, -0.2) is 4.98 Å². The van der Waals surface area contributed by atoms with E-state index in [1.807, 2.05) is 0 Å². The zero-order valence-electron chi connectivity index (χ0n) is 10.6. The van der Waals surface area contributed by atoms with Crippen molar-refractivity contribution >= 4 is 5.82 Å². The summed E-state index contributed by atoms with van der Waals surface area (Å²) in [6.07, 6.45) is 5.68. The number of anilines is 1. The van der Waals surface area contributed by atoms with E-state index in [2.05, 4.69) is 46.1 Å². The van der Waals surface area contributed by atoms with Crippen molar-refractivity contribution in [1.29, 1.82) is 0 Å². The van der Waals surface area contributed by atoms with Crippen molar-refractivity contribution in [1.82, 2.24) is 9.97 Å². The van der Waals surface area contributed by atoms with E-state index in [0.717, 1.165) is 37.4 Å². The first-order valence-corrected chi connectivity index (χ1v) is 6.50. The average molecular weight is 239 g/mol. The Balaban J connectivity index is 1.90. The summed E-state index contributed by atoms with van der Waals surface area (Å²) < 4.78 is 0. The molecule has 0 bridgehead atoms. The molecule has 1 aliphatic rings. The molecule has 0 saturated carbocycles. The fourth-order valence-electron chi connectivity index (χ4n) is 2.52. The fraction of sp³-hybridized carbons (Fsp3) is 0.333. The van der Waals surface area contributed by atoms with Gasteiger partial charge in [-0.15, -0.1) is 0 Å². The molecule has 1 aromatic carbocycles. The molecule has 1 aliphatic heterocycles. The lowest BCUT2D eigenvalue weighted by Crippen LogP contribution is -2.18. The molecule has 0 unspecified atom stereocenters. The highest BCUT2D eigenvalue weighted by Gasteiger charge is 2.21. The quantitative estimate of drug-likeness (QED) is 0.824. The molecule has 18 heavy (non-hydrogen) atoms. The van der Waals surface area contributed by atoms with Crippen molar-refractivity contribution in [3.05, 3.63) is 53.5 Å². The van der Waals surface area contributed by atoms with Gasteiger partial charge in [-0.1, -0.05) is 37.6 Å². The molecule has 0 spiro atoms. The number of hydrogen-bond acceptors (Lipinski definition) is 3. The minimum absolute atomic E-state index is 0.950. The van der Waals surface area contributed by atoms with Crippen LogP contribution in [0.5, 0.6) is 0 Å². The van der Waals surface area contributed by atoms with E-state index >= 15 is 0 Å². The number of nitrogens with zero attached hydrogens (tertiary/aromatic N) is 3. The van der Waals surface area contributed by atoms with Crippen LogP contribution in [0, 0.1) is 0 Å². The summed E-state index contributed by atoms with van der Waals surface area (Å²) in [6.45, 7) is 4.08. The van der Waals surface area contributed by atoms with E-state index in [1.165, 1.54) is 11.1 Å². The van der Waals surface area contributed by atoms with E-state index in [1.54, 1.807) is 12.4 Å². The van der Waals surface area contributed by atoms with Crippen LogP contribution in [-0.2, 0) is 19.5 Å². The van der Waals surface area contributed by atoms with Gasteiger partial charge in [0, 0.05) is 25.5 Å². The molecule has 0 radical (unpaired) electrons. The van der Waals surface area contributed by atoms with E-state index in [9.17, 15) is 0 Å². The number of aryl methyl sites for hydroxylation is 1. The van der Waals surface area contributed by atoms with Crippen molar-refractivity contribution in [2.45, 2.75) is 32.9 Å². The first-order valence-electron chi connectivity index (χ1n) is 6.50. The number of aromatic nitrogens is 2. The van der Waals surface area contributed by atoms with Crippen molar-refractivity contribution in [2.24, 2.45) is 0 Å². The third-order valence-electron chi connectivity index (χ3n) is 3.38. The number of benzene rings is 1. The summed E-state index contributed by atoms with van der Waals surface area (Å²) >= 11 is 0. The fourth-order valence-corrected chi connectivity index (χ4v) is 2.52. The summed E-state index contributed by atoms with van der Waals surface area (Å²) in [7, 11) is 0. The van der Waals surface area contributed by atoms with Crippen LogP contribution in [0.4, 0.5) is 5.82 Å². The molecule has 0 amide bonds. The van der Waals surface area contributed by atoms with Gasteiger partial charge < -0.3 is 4.90 Å². The van der Waals surface area contributed by atoms with Crippen LogP contribution in [-0.4, -0.2) is 9.97 Å². The molecule has 0 fully saturated rings. The highest BCUT2D eigenvalue weighted by atomic mass is 15.2. The van der Waals surface area contributed by atoms with Crippen LogP contribution in [0.1, 0.15) is 30.2 Å². The summed E-state index contributed by atoms with van der Waals surface area (Å²) in [5.41, 5.74) is 3.93. The molecular weight excluding hydrogens is 222 g/mol. The Kier molecular flexibility index (Phi) is 2.97. The van der Waals surface area contributed by atoms with Gasteiger partial charge in [-0.2, -0.15) is 0 Å². The number of fused-ring (bicyclic) bond motifs is 1. The lowest BCUT2D eigenvalue weighted by molar-refractivity contribution is 0.802. The molecule has 2 aromatic rings. The van der Waals surface area contributed by atoms with Gasteiger partial charge in [-0.3, -0.25) is 4.98 Å². The van der Waals surface area contributed by atoms with Crippen LogP contribution < -0.4 is 4.90 Å². The van der Waals surface area contributed by atoms with Crippen molar-refractivity contribution < 1.29 is 0 Å². The maximum Gasteiger partial charge on any atom is 0.150 e. The molecule has 0 atom stereocenters. The number of rotatable bonds is 3. The van der Waals surface area contributed by atoms with Crippen molar-refractivity contribution in [3.63, 3.8) is 0 Å². The van der Waals surface area contributed by atoms with Crippen LogP contribution in [0.2, 0.25) is 0 Å². The van der Waals surface area contributed by atoms with Crippen LogP contribution in [0.15, 0.2) is 36.7 Å². The van der Waals surface area contributed by atoms with Crippen molar-refractivity contribution in [3.8, 4) is 0 Å². The Hall–Kier alpha value is -1.90. The Labute approximate surface area is 108 Å². The molecule has 0 N–H and O–H groups in total. The first kappa shape index (κ1) is 11.2. The Morgan fingerprint density at radius 3 is 2.39 bits per heavy atom. The second-order valence-electron chi connectivity index (χ2n) is 4.70. The van der Waals surface area contributed by atoms with E-state index < -0.39 is 0 Å². The third kappa shape index (κ3) is 1.96. The molecule has 92 valence electrons. The van der Waals surface area contributed by atoms with Gasteiger partial charge in [0.25, 0.3) is 0 Å². The van der Waals surface area contributed by atoms with E-state index in [-0.39, 0.29) is 0 Å². The van der Waals surface area contributed by atoms with E-state index in [0.29, 0.717) is 0 Å². The maximum atomic E-state index is 4.53. The van der Waals surface area contributed by atoms with Crippen LogP contribution in [0.3, 0.4) is 0 Å². The van der Waals surface area contributed by atoms with Gasteiger partial charge in [-0.05, 0) is 17.5 Å². The molecular formula is C15H17N3. The second kappa shape index (κ2) is 4.77. The van der Waals surface area contributed by atoms with Gasteiger partial charge in [0.2, 0.25) is 0 Å². The summed E-state index contributed by atoms with van der Waals surface area (Å²) in [5, 5.41) is 0. The van der Waals surface area contributed by atoms with Gasteiger partial charge >= 0.3 is 0 Å². The Morgan fingerprint density at radius 2 is 1.72 bits per heavy atom. The van der Waals surface area contributed by atoms with Gasteiger partial charge in [0.15, 0.2) is 5.82 Å². The second-order valence-corrected chi connectivity index (χ2v) is 4.70. The van der Waals surface area contributed by atoms with Crippen molar-refractivity contribution in [2.75, 3.05) is 4.90 Å². The molecule has 3 heteroatoms. The zero-order chi connectivity index (χ0) is 12.4. The molecule has 2 heterocycles. The smallest absolute Gasteiger partial charge is 0.150 e. The summed E-state index contributed by atoms with van der Waals surface area (Å²) in [6, 6.07) is 8.61. The third-order valence-corrected chi connectivity index (χ3v) is 3.38. The average Bonchev–Trinajstić information content (AvgIpc) is 2.83. The van der Waals surface area contributed by atoms with Crippen LogP contribution >= 0.6 is 0 Å². The highest BCUT2D eigenvalue weighted by molar-refractivity contribution is 5.49. The minimum Gasteiger partial charge on any atom is -0.346 e. The monoisotopic (exact) mass is 239 g/mol. The van der Waals surface area contributed by atoms with E-state index in [4.69, 9.17) is 0 Å². The Morgan fingerprint density at radius 1 is 1.06 bits per heavy atom. The van der Waals surface area contributed by atoms with Crippen LogP contribution in [0.25, 0.3) is 0 Å². The Bertz CT molecular complexity index is 526. The molecule has 3 rings (SSSR count). The lowest BCUT2D eigenvalue weighted by Gasteiger charge is -2.18. The molecule has 0 saturated heterocycles. The normalized spacial score (nSPS) is 13.7. The molecule has 0 aliphatic carbocycles.